The monoisotopic (exact) mass is 505 g/mol. The minimum absolute atomic E-state index is 0.00483. The SMILES string of the molecule is O=C(NN=C1CCCCCCCCCCC1)c1ccc([C@H]2SCC(=O)N2CCc2ccccc2)cc1. The van der Waals surface area contributed by atoms with Gasteiger partial charge in [0.1, 0.15) is 5.37 Å². The van der Waals surface area contributed by atoms with Crippen molar-refractivity contribution in [1.82, 2.24) is 10.3 Å². The highest BCUT2D eigenvalue weighted by Crippen LogP contribution is 2.38. The van der Waals surface area contributed by atoms with Crippen LogP contribution in [-0.2, 0) is 11.2 Å². The maximum Gasteiger partial charge on any atom is 0.271 e. The Morgan fingerprint density at radius 3 is 2.11 bits per heavy atom. The summed E-state index contributed by atoms with van der Waals surface area (Å²) < 4.78 is 0. The van der Waals surface area contributed by atoms with Crippen LogP contribution in [0.2, 0.25) is 0 Å². The van der Waals surface area contributed by atoms with Crippen LogP contribution in [0.4, 0.5) is 0 Å². The third-order valence-corrected chi connectivity index (χ3v) is 8.41. The van der Waals surface area contributed by atoms with Crippen LogP contribution >= 0.6 is 11.8 Å². The van der Waals surface area contributed by atoms with Crippen molar-refractivity contribution in [1.29, 1.82) is 0 Å². The number of carbonyl (C=O) groups excluding carboxylic acids is 2. The first-order valence-corrected chi connectivity index (χ1v) is 14.7. The summed E-state index contributed by atoms with van der Waals surface area (Å²) in [4.78, 5) is 27.3. The lowest BCUT2D eigenvalue weighted by Gasteiger charge is -2.24. The standard InChI is InChI=1S/C30H39N3O2S/c34-28-23-36-30(33(28)22-21-24-13-9-8-10-14-24)26-19-17-25(18-20-26)29(35)32-31-27-15-11-6-4-2-1-3-5-7-12-16-27/h8-10,13-14,17-20,30H,1-7,11-12,15-16,21-23H2,(H,32,35)/t30-/m1/s1. The molecule has 0 radical (unpaired) electrons. The van der Waals surface area contributed by atoms with Gasteiger partial charge in [-0.2, -0.15) is 5.10 Å². The highest BCUT2D eigenvalue weighted by atomic mass is 32.2. The number of thioether (sulfide) groups is 1. The lowest BCUT2D eigenvalue weighted by atomic mass is 10.00. The number of hydrogen-bond donors (Lipinski definition) is 1. The first-order chi connectivity index (χ1) is 17.7. The molecule has 0 spiro atoms. The zero-order valence-corrected chi connectivity index (χ0v) is 22.1. The molecule has 1 saturated carbocycles. The maximum absolute atomic E-state index is 12.8. The number of carbonyl (C=O) groups is 2. The van der Waals surface area contributed by atoms with Crippen molar-refractivity contribution in [3.8, 4) is 0 Å². The van der Waals surface area contributed by atoms with Crippen molar-refractivity contribution in [2.75, 3.05) is 12.3 Å². The van der Waals surface area contributed by atoms with E-state index >= 15 is 0 Å². The van der Waals surface area contributed by atoms with Gasteiger partial charge in [0.25, 0.3) is 5.91 Å². The van der Waals surface area contributed by atoms with Crippen LogP contribution in [0.25, 0.3) is 0 Å². The van der Waals surface area contributed by atoms with E-state index in [1.807, 2.05) is 47.4 Å². The number of amides is 2. The Morgan fingerprint density at radius 2 is 1.47 bits per heavy atom. The van der Waals surface area contributed by atoms with Crippen molar-refractivity contribution in [2.24, 2.45) is 5.10 Å². The predicted molar refractivity (Wildman–Crippen MR) is 149 cm³/mol. The fourth-order valence-electron chi connectivity index (χ4n) is 4.99. The molecule has 5 nitrogen and oxygen atoms in total. The number of benzene rings is 2. The Bertz CT molecular complexity index is 993. The summed E-state index contributed by atoms with van der Waals surface area (Å²) in [6, 6.07) is 17.9. The van der Waals surface area contributed by atoms with E-state index in [2.05, 4.69) is 22.7 Å². The number of hydrogen-bond acceptors (Lipinski definition) is 4. The van der Waals surface area contributed by atoms with E-state index in [0.29, 0.717) is 17.9 Å². The second-order valence-corrected chi connectivity index (χ2v) is 11.0. The summed E-state index contributed by atoms with van der Waals surface area (Å²) in [5.74, 6) is 0.506. The molecule has 2 aromatic carbocycles. The van der Waals surface area contributed by atoms with Crippen molar-refractivity contribution in [3.05, 3.63) is 71.3 Å². The average molecular weight is 506 g/mol. The summed E-state index contributed by atoms with van der Waals surface area (Å²) in [6.07, 6.45) is 14.3. The highest BCUT2D eigenvalue weighted by molar-refractivity contribution is 8.00. The topological polar surface area (TPSA) is 61.8 Å². The van der Waals surface area contributed by atoms with E-state index in [9.17, 15) is 9.59 Å². The molecule has 1 aliphatic heterocycles. The number of nitrogens with one attached hydrogen (secondary N) is 1. The molecular formula is C30H39N3O2S. The molecule has 6 heteroatoms. The van der Waals surface area contributed by atoms with Gasteiger partial charge in [0, 0.05) is 17.8 Å². The molecular weight excluding hydrogens is 466 g/mol. The van der Waals surface area contributed by atoms with E-state index in [4.69, 9.17) is 0 Å². The fourth-order valence-corrected chi connectivity index (χ4v) is 6.21. The second kappa shape index (κ2) is 14.2. The zero-order chi connectivity index (χ0) is 25.0. The molecule has 0 aromatic heterocycles. The molecule has 0 bridgehead atoms. The van der Waals surface area contributed by atoms with Crippen molar-refractivity contribution in [3.63, 3.8) is 0 Å². The van der Waals surface area contributed by atoms with Crippen LogP contribution in [0.5, 0.6) is 0 Å². The first kappa shape index (κ1) is 26.5. The van der Waals surface area contributed by atoms with Gasteiger partial charge in [-0.25, -0.2) is 5.43 Å². The summed E-state index contributed by atoms with van der Waals surface area (Å²) in [5.41, 5.74) is 6.81. The second-order valence-electron chi connectivity index (χ2n) is 9.91. The van der Waals surface area contributed by atoms with E-state index in [0.717, 1.165) is 43.4 Å². The Labute approximate surface area is 220 Å². The minimum atomic E-state index is -0.170. The molecule has 2 fully saturated rings. The van der Waals surface area contributed by atoms with Gasteiger partial charge in [0.2, 0.25) is 5.91 Å². The molecule has 1 saturated heterocycles. The minimum Gasteiger partial charge on any atom is -0.326 e. The summed E-state index contributed by atoms with van der Waals surface area (Å²) in [5, 5.41) is 4.52. The average Bonchev–Trinajstić information content (AvgIpc) is 3.27. The Balaban J connectivity index is 1.33. The Hall–Kier alpha value is -2.60. The highest BCUT2D eigenvalue weighted by Gasteiger charge is 2.32. The Morgan fingerprint density at radius 1 is 0.861 bits per heavy atom. The van der Waals surface area contributed by atoms with E-state index in [1.54, 1.807) is 11.8 Å². The van der Waals surface area contributed by atoms with Crippen LogP contribution in [0, 0.1) is 0 Å². The fraction of sp³-hybridized carbons (Fsp3) is 0.500. The van der Waals surface area contributed by atoms with Crippen LogP contribution in [-0.4, -0.2) is 34.7 Å². The molecule has 2 aromatic rings. The quantitative estimate of drug-likeness (QED) is 0.435. The Kier molecular flexibility index (Phi) is 10.5. The summed E-state index contributed by atoms with van der Waals surface area (Å²) in [6.45, 7) is 0.695. The van der Waals surface area contributed by atoms with Crippen molar-refractivity contribution >= 4 is 29.3 Å². The van der Waals surface area contributed by atoms with Crippen molar-refractivity contribution in [2.45, 2.75) is 82.4 Å². The molecule has 36 heavy (non-hydrogen) atoms. The molecule has 2 aliphatic rings. The lowest BCUT2D eigenvalue weighted by Crippen LogP contribution is -2.30. The van der Waals surface area contributed by atoms with Gasteiger partial charge in [0.15, 0.2) is 0 Å². The van der Waals surface area contributed by atoms with E-state index in [1.165, 1.54) is 50.5 Å². The number of hydrazone groups is 1. The largest absolute Gasteiger partial charge is 0.326 e. The van der Waals surface area contributed by atoms with E-state index in [-0.39, 0.29) is 17.2 Å². The molecule has 1 atom stereocenters. The van der Waals surface area contributed by atoms with Gasteiger partial charge >= 0.3 is 0 Å². The number of nitrogens with zero attached hydrogens (tertiary/aromatic N) is 2. The van der Waals surface area contributed by atoms with E-state index < -0.39 is 0 Å². The smallest absolute Gasteiger partial charge is 0.271 e. The lowest BCUT2D eigenvalue weighted by molar-refractivity contribution is -0.128. The van der Waals surface area contributed by atoms with Crippen LogP contribution in [0.15, 0.2) is 59.7 Å². The summed E-state index contributed by atoms with van der Waals surface area (Å²) >= 11 is 1.65. The van der Waals surface area contributed by atoms with Gasteiger partial charge in [-0.1, -0.05) is 87.4 Å². The van der Waals surface area contributed by atoms with Gasteiger partial charge < -0.3 is 4.90 Å². The predicted octanol–water partition coefficient (Wildman–Crippen LogP) is 6.89. The molecule has 1 aliphatic carbocycles. The molecule has 4 rings (SSSR count). The molecule has 2 amide bonds. The third kappa shape index (κ3) is 7.95. The van der Waals surface area contributed by atoms with Gasteiger partial charge in [-0.15, -0.1) is 11.8 Å². The molecule has 1 heterocycles. The molecule has 0 unspecified atom stereocenters. The van der Waals surface area contributed by atoms with Gasteiger partial charge in [0.05, 0.1) is 5.75 Å². The van der Waals surface area contributed by atoms with Crippen LogP contribution in [0.1, 0.15) is 97.5 Å². The van der Waals surface area contributed by atoms with Gasteiger partial charge in [-0.3, -0.25) is 9.59 Å². The van der Waals surface area contributed by atoms with Crippen LogP contribution in [0.3, 0.4) is 0 Å². The first-order valence-electron chi connectivity index (χ1n) is 13.6. The van der Waals surface area contributed by atoms with Crippen molar-refractivity contribution < 1.29 is 9.59 Å². The molecule has 192 valence electrons. The summed E-state index contributed by atoms with van der Waals surface area (Å²) in [7, 11) is 0. The zero-order valence-electron chi connectivity index (χ0n) is 21.3. The normalized spacial score (nSPS) is 19.9. The van der Waals surface area contributed by atoms with Crippen LogP contribution < -0.4 is 5.43 Å². The number of rotatable bonds is 6. The molecule has 1 N–H and O–H groups in total. The van der Waals surface area contributed by atoms with Gasteiger partial charge in [-0.05, 0) is 55.4 Å². The third-order valence-electron chi connectivity index (χ3n) is 7.16. The maximum atomic E-state index is 12.8.